The molecule has 2 heterocycles. The van der Waals surface area contributed by atoms with Crippen molar-refractivity contribution in [1.82, 2.24) is 10.2 Å². The highest BCUT2D eigenvalue weighted by Crippen LogP contribution is 2.45. The van der Waals surface area contributed by atoms with E-state index in [1.54, 1.807) is 11.0 Å². The fraction of sp³-hybridized carbons (Fsp3) is 0.182. The molecule has 0 atom stereocenters. The number of benzene rings is 2. The van der Waals surface area contributed by atoms with E-state index in [1.165, 1.54) is 23.9 Å². The first kappa shape index (κ1) is 19.9. The number of nitriles is 1. The molecule has 0 unspecified atom stereocenters. The second-order valence-corrected chi connectivity index (χ2v) is 7.69. The van der Waals surface area contributed by atoms with Crippen molar-refractivity contribution in [2.24, 2.45) is 0 Å². The van der Waals surface area contributed by atoms with Crippen LogP contribution >= 0.6 is 11.8 Å². The van der Waals surface area contributed by atoms with Crippen LogP contribution in [0.4, 0.5) is 5.69 Å². The molecule has 152 valence electrons. The molecule has 0 aliphatic carbocycles. The van der Waals surface area contributed by atoms with Crippen LogP contribution in [0.1, 0.15) is 5.56 Å². The number of carbonyl (C=O) groups excluding carboxylic acids is 1. The Balaban J connectivity index is 1.79. The molecule has 2 aromatic rings. The first-order chi connectivity index (χ1) is 14.6. The molecule has 1 saturated heterocycles. The number of nitrogens with one attached hydrogen (secondary N) is 1. The summed E-state index contributed by atoms with van der Waals surface area (Å²) in [4.78, 5) is 16.6. The molecule has 0 saturated carbocycles. The second kappa shape index (κ2) is 8.53. The highest BCUT2D eigenvalue weighted by molar-refractivity contribution is 8.06. The number of piperazine rings is 1. The van der Waals surface area contributed by atoms with Crippen molar-refractivity contribution >= 4 is 29.1 Å². The predicted molar refractivity (Wildman–Crippen MR) is 116 cm³/mol. The summed E-state index contributed by atoms with van der Waals surface area (Å²) >= 11 is 1.30. The van der Waals surface area contributed by atoms with Crippen molar-refractivity contribution in [3.63, 3.8) is 0 Å². The van der Waals surface area contributed by atoms with Crippen molar-refractivity contribution < 1.29 is 15.0 Å². The quantitative estimate of drug-likeness (QED) is 0.399. The first-order valence-electron chi connectivity index (χ1n) is 9.49. The zero-order chi connectivity index (χ0) is 21.1. The molecule has 8 heteroatoms. The third-order valence-corrected chi connectivity index (χ3v) is 5.91. The Hall–Kier alpha value is -3.41. The van der Waals surface area contributed by atoms with E-state index in [9.17, 15) is 20.3 Å². The van der Waals surface area contributed by atoms with Crippen LogP contribution in [-0.2, 0) is 4.79 Å². The molecule has 0 radical (unpaired) electrons. The SMILES string of the molecule is N#C/C(C(=O)N1CCNCC1)=C1/SC=C(c2ccc(O)c(O)c2)N1c1ccccc1. The third kappa shape index (κ3) is 3.73. The molecule has 2 aromatic carbocycles. The Kier molecular flexibility index (Phi) is 5.65. The number of anilines is 1. The highest BCUT2D eigenvalue weighted by atomic mass is 32.2. The number of thioether (sulfide) groups is 1. The lowest BCUT2D eigenvalue weighted by atomic mass is 10.1. The molecule has 1 fully saturated rings. The predicted octanol–water partition coefficient (Wildman–Crippen LogP) is 2.82. The average Bonchev–Trinajstić information content (AvgIpc) is 3.22. The molecular formula is C22H20N4O3S. The Labute approximate surface area is 178 Å². The molecule has 2 aliphatic rings. The van der Waals surface area contributed by atoms with Gasteiger partial charge in [0.1, 0.15) is 16.7 Å². The lowest BCUT2D eigenvalue weighted by molar-refractivity contribution is -0.127. The maximum atomic E-state index is 13.1. The zero-order valence-electron chi connectivity index (χ0n) is 16.1. The van der Waals surface area contributed by atoms with E-state index in [4.69, 9.17) is 0 Å². The molecule has 0 aromatic heterocycles. The fourth-order valence-electron chi connectivity index (χ4n) is 3.42. The van der Waals surface area contributed by atoms with E-state index in [-0.39, 0.29) is 23.0 Å². The van der Waals surface area contributed by atoms with E-state index in [0.29, 0.717) is 42.5 Å². The second-order valence-electron chi connectivity index (χ2n) is 6.83. The van der Waals surface area contributed by atoms with Crippen LogP contribution in [-0.4, -0.2) is 47.2 Å². The van der Waals surface area contributed by atoms with E-state index >= 15 is 0 Å². The highest BCUT2D eigenvalue weighted by Gasteiger charge is 2.32. The molecule has 4 rings (SSSR count). The molecule has 7 nitrogen and oxygen atoms in total. The van der Waals surface area contributed by atoms with Crippen LogP contribution in [0, 0.1) is 11.3 Å². The zero-order valence-corrected chi connectivity index (χ0v) is 16.9. The number of aromatic hydroxyl groups is 2. The molecule has 0 spiro atoms. The summed E-state index contributed by atoms with van der Waals surface area (Å²) in [5.74, 6) is -0.731. The van der Waals surface area contributed by atoms with Crippen LogP contribution in [0.5, 0.6) is 11.5 Å². The van der Waals surface area contributed by atoms with Crippen molar-refractivity contribution in [2.75, 3.05) is 31.1 Å². The van der Waals surface area contributed by atoms with Gasteiger partial charge in [0.15, 0.2) is 11.5 Å². The largest absolute Gasteiger partial charge is 0.504 e. The smallest absolute Gasteiger partial charge is 0.267 e. The number of carbonyl (C=O) groups is 1. The van der Waals surface area contributed by atoms with Gasteiger partial charge in [-0.05, 0) is 30.3 Å². The van der Waals surface area contributed by atoms with E-state index in [1.807, 2.05) is 40.6 Å². The number of rotatable bonds is 3. The number of nitrogens with zero attached hydrogens (tertiary/aromatic N) is 3. The number of phenols is 2. The topological polar surface area (TPSA) is 99.8 Å². The Bertz CT molecular complexity index is 1070. The summed E-state index contributed by atoms with van der Waals surface area (Å²) < 4.78 is 0. The van der Waals surface area contributed by atoms with Crippen LogP contribution in [0.3, 0.4) is 0 Å². The minimum Gasteiger partial charge on any atom is -0.504 e. The number of amides is 1. The van der Waals surface area contributed by atoms with Gasteiger partial charge in [0.05, 0.1) is 5.70 Å². The summed E-state index contributed by atoms with van der Waals surface area (Å²) in [6.45, 7) is 2.51. The summed E-state index contributed by atoms with van der Waals surface area (Å²) in [6, 6.07) is 16.1. The fourth-order valence-corrected chi connectivity index (χ4v) is 4.45. The van der Waals surface area contributed by atoms with Crippen molar-refractivity contribution in [3.05, 3.63) is 70.1 Å². The van der Waals surface area contributed by atoms with Gasteiger partial charge in [-0.1, -0.05) is 30.0 Å². The van der Waals surface area contributed by atoms with Crippen molar-refractivity contribution in [2.45, 2.75) is 0 Å². The van der Waals surface area contributed by atoms with Gasteiger partial charge in [0.2, 0.25) is 0 Å². The first-order valence-corrected chi connectivity index (χ1v) is 10.4. The lowest BCUT2D eigenvalue weighted by Crippen LogP contribution is -2.47. The van der Waals surface area contributed by atoms with Gasteiger partial charge in [0, 0.05) is 42.8 Å². The summed E-state index contributed by atoms with van der Waals surface area (Å²) in [6.07, 6.45) is 0. The van der Waals surface area contributed by atoms with Crippen LogP contribution in [0.2, 0.25) is 0 Å². The maximum absolute atomic E-state index is 13.1. The number of phenolic OH excluding ortho intramolecular Hbond substituents is 2. The van der Waals surface area contributed by atoms with Gasteiger partial charge in [0.25, 0.3) is 5.91 Å². The minimum atomic E-state index is -0.286. The van der Waals surface area contributed by atoms with Crippen LogP contribution in [0.15, 0.2) is 64.5 Å². The molecule has 1 amide bonds. The van der Waals surface area contributed by atoms with Gasteiger partial charge in [-0.3, -0.25) is 4.79 Å². The van der Waals surface area contributed by atoms with Crippen molar-refractivity contribution in [3.8, 4) is 17.6 Å². The number of hydrogen-bond donors (Lipinski definition) is 3. The van der Waals surface area contributed by atoms with Gasteiger partial charge in [-0.25, -0.2) is 0 Å². The molecular weight excluding hydrogens is 400 g/mol. The standard InChI is InChI=1S/C22H20N4O3S/c23-13-17(21(29)25-10-8-24-9-11-25)22-26(16-4-2-1-3-5-16)18(14-30-22)15-6-7-19(27)20(28)12-15/h1-7,12,14,24,27-28H,8-11H2/b22-17-. The molecule has 30 heavy (non-hydrogen) atoms. The summed E-state index contributed by atoms with van der Waals surface area (Å²) in [5.41, 5.74) is 2.23. The third-order valence-electron chi connectivity index (χ3n) is 4.96. The molecule has 3 N–H and O–H groups in total. The van der Waals surface area contributed by atoms with E-state index in [2.05, 4.69) is 11.4 Å². The van der Waals surface area contributed by atoms with Gasteiger partial charge >= 0.3 is 0 Å². The van der Waals surface area contributed by atoms with E-state index in [0.717, 1.165) is 5.69 Å². The summed E-state index contributed by atoms with van der Waals surface area (Å²) in [7, 11) is 0. The van der Waals surface area contributed by atoms with Crippen molar-refractivity contribution in [1.29, 1.82) is 5.26 Å². The van der Waals surface area contributed by atoms with Gasteiger partial charge in [-0.2, -0.15) is 5.26 Å². The minimum absolute atomic E-state index is 0.0833. The maximum Gasteiger partial charge on any atom is 0.267 e. The number of hydrogen-bond acceptors (Lipinski definition) is 7. The number of para-hydroxylation sites is 1. The Morgan fingerprint density at radius 1 is 1.07 bits per heavy atom. The lowest BCUT2D eigenvalue weighted by Gasteiger charge is -2.29. The average molecular weight is 420 g/mol. The Morgan fingerprint density at radius 2 is 1.80 bits per heavy atom. The van der Waals surface area contributed by atoms with Gasteiger partial charge in [-0.15, -0.1) is 0 Å². The molecule has 2 aliphatic heterocycles. The van der Waals surface area contributed by atoms with Crippen LogP contribution < -0.4 is 10.2 Å². The normalized spacial score (nSPS) is 18.0. The monoisotopic (exact) mass is 420 g/mol. The Morgan fingerprint density at radius 3 is 2.47 bits per heavy atom. The van der Waals surface area contributed by atoms with Crippen LogP contribution in [0.25, 0.3) is 5.70 Å². The summed E-state index contributed by atoms with van der Waals surface area (Å²) in [5, 5.41) is 35.1. The van der Waals surface area contributed by atoms with E-state index < -0.39 is 0 Å². The molecule has 0 bridgehead atoms. The van der Waals surface area contributed by atoms with Gasteiger partial charge < -0.3 is 25.3 Å².